The second-order valence-electron chi connectivity index (χ2n) is 8.31. The maximum atomic E-state index is 13.5. The summed E-state index contributed by atoms with van der Waals surface area (Å²) in [4.78, 5) is 4.45. The Kier molecular flexibility index (Phi) is 7.96. The molecule has 4 aromatic rings. The molecule has 0 amide bonds. The SMILES string of the molecule is Cc1ccc(S(=O)(=O)N(Cc2ccc(Cl)cc2)Cc2ccc(C=Nc3ccc(S(N)(=O)=O)cc3)o2)cc1. The van der Waals surface area contributed by atoms with Gasteiger partial charge in [0.05, 0.1) is 28.2 Å². The van der Waals surface area contributed by atoms with Crippen molar-refractivity contribution in [1.29, 1.82) is 0 Å². The van der Waals surface area contributed by atoms with E-state index in [1.807, 2.05) is 6.92 Å². The van der Waals surface area contributed by atoms with Crippen molar-refractivity contribution in [1.82, 2.24) is 4.31 Å². The molecule has 0 atom stereocenters. The number of sulfonamides is 2. The molecule has 1 heterocycles. The topological polar surface area (TPSA) is 123 Å². The van der Waals surface area contributed by atoms with Gasteiger partial charge in [0, 0.05) is 11.6 Å². The molecule has 2 N–H and O–H groups in total. The Balaban J connectivity index is 1.56. The molecule has 0 aliphatic carbocycles. The number of benzene rings is 3. The second kappa shape index (κ2) is 11.0. The molecule has 11 heteroatoms. The Hall–Kier alpha value is -3.28. The predicted molar refractivity (Wildman–Crippen MR) is 143 cm³/mol. The zero-order valence-corrected chi connectivity index (χ0v) is 22.2. The van der Waals surface area contributed by atoms with E-state index in [0.717, 1.165) is 11.1 Å². The number of hydrogen-bond donors (Lipinski definition) is 1. The van der Waals surface area contributed by atoms with E-state index in [0.29, 0.717) is 22.2 Å². The van der Waals surface area contributed by atoms with Crippen LogP contribution in [-0.4, -0.2) is 27.4 Å². The van der Waals surface area contributed by atoms with Crippen LogP contribution in [0.15, 0.2) is 104 Å². The predicted octanol–water partition coefficient (Wildman–Crippen LogP) is 5.03. The quantitative estimate of drug-likeness (QED) is 0.289. The molecule has 3 aromatic carbocycles. The third-order valence-electron chi connectivity index (χ3n) is 5.45. The van der Waals surface area contributed by atoms with E-state index in [1.54, 1.807) is 60.7 Å². The minimum atomic E-state index is -3.84. The van der Waals surface area contributed by atoms with Crippen LogP contribution >= 0.6 is 11.6 Å². The molecule has 0 bridgehead atoms. The van der Waals surface area contributed by atoms with E-state index in [4.69, 9.17) is 21.2 Å². The zero-order chi connectivity index (χ0) is 26.6. The van der Waals surface area contributed by atoms with Gasteiger partial charge >= 0.3 is 0 Å². The Morgan fingerprint density at radius 3 is 2.08 bits per heavy atom. The molecule has 4 rings (SSSR count). The number of nitrogens with two attached hydrogens (primary N) is 1. The van der Waals surface area contributed by atoms with Crippen LogP contribution < -0.4 is 5.14 Å². The highest BCUT2D eigenvalue weighted by molar-refractivity contribution is 7.89. The van der Waals surface area contributed by atoms with Crippen LogP contribution in [0.1, 0.15) is 22.6 Å². The number of halogens is 1. The lowest BCUT2D eigenvalue weighted by molar-refractivity contribution is 0.357. The molecular formula is C26H24ClN3O5S2. The maximum Gasteiger partial charge on any atom is 0.243 e. The van der Waals surface area contributed by atoms with Gasteiger partial charge in [-0.3, -0.25) is 4.99 Å². The fraction of sp³-hybridized carbons (Fsp3) is 0.115. The van der Waals surface area contributed by atoms with E-state index in [2.05, 4.69) is 4.99 Å². The third kappa shape index (κ3) is 6.94. The third-order valence-corrected chi connectivity index (χ3v) is 8.44. The smallest absolute Gasteiger partial charge is 0.243 e. The van der Waals surface area contributed by atoms with E-state index in [9.17, 15) is 16.8 Å². The highest BCUT2D eigenvalue weighted by atomic mass is 35.5. The van der Waals surface area contributed by atoms with Crippen molar-refractivity contribution in [3.05, 3.63) is 113 Å². The molecule has 8 nitrogen and oxygen atoms in total. The van der Waals surface area contributed by atoms with Crippen LogP contribution in [0.2, 0.25) is 5.02 Å². The first-order chi connectivity index (χ1) is 17.5. The minimum absolute atomic E-state index is 0.00423. The molecule has 0 aliphatic rings. The molecule has 0 saturated heterocycles. The lowest BCUT2D eigenvalue weighted by atomic mass is 10.2. The minimum Gasteiger partial charge on any atom is -0.459 e. The summed E-state index contributed by atoms with van der Waals surface area (Å²) in [5.74, 6) is 0.834. The summed E-state index contributed by atoms with van der Waals surface area (Å²) in [5, 5.41) is 5.67. The molecule has 0 saturated carbocycles. The van der Waals surface area contributed by atoms with Crippen LogP contribution in [0, 0.1) is 6.92 Å². The van der Waals surface area contributed by atoms with Crippen LogP contribution in [0.4, 0.5) is 5.69 Å². The number of hydrogen-bond acceptors (Lipinski definition) is 6. The average Bonchev–Trinajstić information content (AvgIpc) is 3.31. The molecule has 1 aromatic heterocycles. The highest BCUT2D eigenvalue weighted by Crippen LogP contribution is 2.23. The lowest BCUT2D eigenvalue weighted by Gasteiger charge is -2.21. The maximum absolute atomic E-state index is 13.5. The average molecular weight is 558 g/mol. The summed E-state index contributed by atoms with van der Waals surface area (Å²) in [6, 6.07) is 22.8. The van der Waals surface area contributed by atoms with Crippen molar-refractivity contribution >= 4 is 43.5 Å². The number of nitrogens with zero attached hydrogens (tertiary/aromatic N) is 2. The molecule has 0 radical (unpaired) electrons. The summed E-state index contributed by atoms with van der Waals surface area (Å²) in [6.07, 6.45) is 1.47. The second-order valence-corrected chi connectivity index (χ2v) is 12.2. The number of rotatable bonds is 9. The number of aryl methyl sites for hydroxylation is 1. The van der Waals surface area contributed by atoms with Crippen molar-refractivity contribution in [3.8, 4) is 0 Å². The summed E-state index contributed by atoms with van der Waals surface area (Å²) >= 11 is 5.99. The van der Waals surface area contributed by atoms with Gasteiger partial charge in [-0.25, -0.2) is 22.0 Å². The van der Waals surface area contributed by atoms with Crippen molar-refractivity contribution in [2.24, 2.45) is 10.1 Å². The Morgan fingerprint density at radius 1 is 0.838 bits per heavy atom. The Morgan fingerprint density at radius 2 is 1.46 bits per heavy atom. The van der Waals surface area contributed by atoms with E-state index in [1.165, 1.54) is 34.8 Å². The summed E-state index contributed by atoms with van der Waals surface area (Å²) < 4.78 is 57.0. The molecule has 0 spiro atoms. The van der Waals surface area contributed by atoms with Crippen LogP contribution in [0.25, 0.3) is 0 Å². The number of furan rings is 1. The van der Waals surface area contributed by atoms with Gasteiger partial charge < -0.3 is 4.42 Å². The van der Waals surface area contributed by atoms with E-state index < -0.39 is 20.0 Å². The van der Waals surface area contributed by atoms with Crippen LogP contribution in [-0.2, 0) is 33.1 Å². The lowest BCUT2D eigenvalue weighted by Crippen LogP contribution is -2.30. The largest absolute Gasteiger partial charge is 0.459 e. The standard InChI is InChI=1S/C26H24ClN3O5S2/c1-19-2-12-26(13-3-19)37(33,34)30(17-20-4-6-21(27)7-5-20)18-24-11-10-23(35-24)16-29-22-8-14-25(15-9-22)36(28,31)32/h2-16H,17-18H2,1H3,(H2,28,31,32). The molecule has 37 heavy (non-hydrogen) atoms. The van der Waals surface area contributed by atoms with Gasteiger partial charge in [-0.2, -0.15) is 4.31 Å². The summed E-state index contributed by atoms with van der Waals surface area (Å²) in [7, 11) is -7.62. The summed E-state index contributed by atoms with van der Waals surface area (Å²) in [6.45, 7) is 2.01. The van der Waals surface area contributed by atoms with E-state index >= 15 is 0 Å². The zero-order valence-electron chi connectivity index (χ0n) is 19.8. The van der Waals surface area contributed by atoms with Crippen LogP contribution in [0.5, 0.6) is 0 Å². The number of aliphatic imine (C=N–C) groups is 1. The number of primary sulfonamides is 1. The van der Waals surface area contributed by atoms with Crippen molar-refractivity contribution in [2.75, 3.05) is 0 Å². The monoisotopic (exact) mass is 557 g/mol. The van der Waals surface area contributed by atoms with Gasteiger partial charge in [-0.15, -0.1) is 0 Å². The fourth-order valence-corrected chi connectivity index (χ4v) is 5.50. The Labute approximate surface area is 221 Å². The van der Waals surface area contributed by atoms with Gasteiger partial charge in [0.1, 0.15) is 11.5 Å². The normalized spacial score (nSPS) is 12.4. The van der Waals surface area contributed by atoms with Crippen molar-refractivity contribution < 1.29 is 21.3 Å². The van der Waals surface area contributed by atoms with Gasteiger partial charge in [-0.1, -0.05) is 41.4 Å². The fourth-order valence-electron chi connectivity index (χ4n) is 3.46. The van der Waals surface area contributed by atoms with Gasteiger partial charge in [-0.05, 0) is 73.2 Å². The highest BCUT2D eigenvalue weighted by Gasteiger charge is 2.26. The first kappa shape index (κ1) is 26.8. The first-order valence-corrected chi connectivity index (χ1v) is 14.4. The van der Waals surface area contributed by atoms with Gasteiger partial charge in [0.15, 0.2) is 0 Å². The van der Waals surface area contributed by atoms with E-state index in [-0.39, 0.29) is 22.9 Å². The molecule has 0 fully saturated rings. The van der Waals surface area contributed by atoms with Crippen LogP contribution in [0.3, 0.4) is 0 Å². The van der Waals surface area contributed by atoms with Gasteiger partial charge in [0.25, 0.3) is 0 Å². The van der Waals surface area contributed by atoms with Gasteiger partial charge in [0.2, 0.25) is 20.0 Å². The Bertz CT molecular complexity index is 1610. The molecular weight excluding hydrogens is 534 g/mol. The first-order valence-electron chi connectivity index (χ1n) is 11.1. The molecule has 0 unspecified atom stereocenters. The summed E-state index contributed by atoms with van der Waals surface area (Å²) in [5.41, 5.74) is 2.23. The molecule has 0 aliphatic heterocycles. The van der Waals surface area contributed by atoms with Crippen molar-refractivity contribution in [3.63, 3.8) is 0 Å². The van der Waals surface area contributed by atoms with Crippen molar-refractivity contribution in [2.45, 2.75) is 29.8 Å². The molecule has 192 valence electrons.